The van der Waals surface area contributed by atoms with Crippen molar-refractivity contribution < 1.29 is 28.6 Å². The predicted octanol–water partition coefficient (Wildman–Crippen LogP) is 17.8. The molecule has 0 bridgehead atoms. The van der Waals surface area contributed by atoms with Gasteiger partial charge in [-0.05, 0) is 96.3 Å². The molecule has 0 saturated heterocycles. The normalized spacial score (nSPS) is 12.8. The van der Waals surface area contributed by atoms with Crippen molar-refractivity contribution in [2.45, 2.75) is 245 Å². The van der Waals surface area contributed by atoms with Gasteiger partial charge in [0.05, 0.1) is 0 Å². The van der Waals surface area contributed by atoms with Crippen LogP contribution in [-0.4, -0.2) is 37.2 Å². The van der Waals surface area contributed by atoms with E-state index >= 15 is 0 Å². The molecule has 1 atom stereocenters. The number of carbonyl (C=O) groups excluding carboxylic acids is 3. The van der Waals surface area contributed by atoms with Crippen LogP contribution in [-0.2, 0) is 28.6 Å². The van der Waals surface area contributed by atoms with Crippen molar-refractivity contribution in [1.82, 2.24) is 0 Å². The summed E-state index contributed by atoms with van der Waals surface area (Å²) in [5.74, 6) is -0.922. The number of hydrogen-bond acceptors (Lipinski definition) is 6. The number of rotatable bonds is 47. The molecule has 6 heteroatoms. The van der Waals surface area contributed by atoms with Gasteiger partial charge in [-0.25, -0.2) is 0 Å². The van der Waals surface area contributed by atoms with Crippen LogP contribution in [0.2, 0.25) is 0 Å². The Morgan fingerprint density at radius 1 is 0.323 bits per heavy atom. The van der Waals surface area contributed by atoms with Gasteiger partial charge in [-0.1, -0.05) is 221 Å². The van der Waals surface area contributed by atoms with Crippen LogP contribution in [0, 0.1) is 0 Å². The van der Waals surface area contributed by atoms with Crippen LogP contribution in [0.15, 0.2) is 97.2 Å². The molecule has 0 saturated carbocycles. The molecule has 0 aliphatic carbocycles. The summed E-state index contributed by atoms with van der Waals surface area (Å²) >= 11 is 0. The largest absolute Gasteiger partial charge is 0.462 e. The van der Waals surface area contributed by atoms with Crippen LogP contribution in [0.1, 0.15) is 239 Å². The molecule has 0 aliphatic heterocycles. The number of allylic oxidation sites excluding steroid dienone is 16. The second-order valence-electron chi connectivity index (χ2n) is 17.4. The first-order valence-electron chi connectivity index (χ1n) is 26.7. The zero-order valence-corrected chi connectivity index (χ0v) is 42.2. The summed E-state index contributed by atoms with van der Waals surface area (Å²) in [6, 6.07) is 0. The van der Waals surface area contributed by atoms with Crippen molar-refractivity contribution in [1.29, 1.82) is 0 Å². The topological polar surface area (TPSA) is 78.9 Å². The maximum absolute atomic E-state index is 12.7. The summed E-state index contributed by atoms with van der Waals surface area (Å²) in [5.41, 5.74) is 0. The fourth-order valence-corrected chi connectivity index (χ4v) is 7.05. The van der Waals surface area contributed by atoms with Gasteiger partial charge in [0.25, 0.3) is 0 Å². The summed E-state index contributed by atoms with van der Waals surface area (Å²) in [4.78, 5) is 37.8. The molecule has 1 unspecified atom stereocenters. The maximum Gasteiger partial charge on any atom is 0.306 e. The second-order valence-corrected chi connectivity index (χ2v) is 17.4. The smallest absolute Gasteiger partial charge is 0.306 e. The first-order chi connectivity index (χ1) is 32.0. The van der Waals surface area contributed by atoms with Gasteiger partial charge in [-0.15, -0.1) is 0 Å². The molecule has 0 amide bonds. The molecule has 0 heterocycles. The van der Waals surface area contributed by atoms with E-state index in [1.54, 1.807) is 0 Å². The van der Waals surface area contributed by atoms with Crippen molar-refractivity contribution in [2.75, 3.05) is 13.2 Å². The van der Waals surface area contributed by atoms with E-state index in [1.807, 2.05) is 0 Å². The van der Waals surface area contributed by atoms with Gasteiger partial charge in [0.15, 0.2) is 6.10 Å². The number of carbonyl (C=O) groups is 3. The molecule has 0 aliphatic rings. The summed E-state index contributed by atoms with van der Waals surface area (Å²) in [6.07, 6.45) is 69.8. The standard InChI is InChI=1S/C59H98O6/c1-4-7-10-13-16-19-21-22-23-24-25-26-27-28-29-30-31-32-33-34-35-36-38-40-43-46-49-52-58(61)64-55-56(54-63-57(60)51-48-45-42-39-18-15-12-9-6-3)65-59(62)53-50-47-44-41-37-20-17-14-11-8-5-2/h7,10,14,16-17,19,22-23,25-26,28-29,31-32,34-35,56H,4-6,8-9,11-13,15,18,20-21,24,27,30,33,36-55H2,1-3H3/b10-7-,17-14-,19-16-,23-22-,26-25-,29-28-,32-31-,35-34-. The van der Waals surface area contributed by atoms with E-state index in [4.69, 9.17) is 14.2 Å². The number of hydrogen-bond donors (Lipinski definition) is 0. The van der Waals surface area contributed by atoms with Gasteiger partial charge in [0.2, 0.25) is 0 Å². The molecule has 0 aromatic rings. The van der Waals surface area contributed by atoms with Crippen LogP contribution in [0.5, 0.6) is 0 Å². The lowest BCUT2D eigenvalue weighted by Gasteiger charge is -2.18. The van der Waals surface area contributed by atoms with Crippen LogP contribution in [0.3, 0.4) is 0 Å². The zero-order chi connectivity index (χ0) is 47.2. The highest BCUT2D eigenvalue weighted by Crippen LogP contribution is 2.14. The molecule has 0 spiro atoms. The molecule has 0 N–H and O–H groups in total. The van der Waals surface area contributed by atoms with Gasteiger partial charge in [0, 0.05) is 19.3 Å². The fraction of sp³-hybridized carbons (Fsp3) is 0.678. The molecule has 6 nitrogen and oxygen atoms in total. The lowest BCUT2D eigenvalue weighted by Crippen LogP contribution is -2.30. The van der Waals surface area contributed by atoms with Crippen LogP contribution < -0.4 is 0 Å². The Balaban J connectivity index is 4.26. The Labute approximate surface area is 400 Å². The predicted molar refractivity (Wildman–Crippen MR) is 279 cm³/mol. The molecule has 0 radical (unpaired) electrons. The quantitative estimate of drug-likeness (QED) is 0.0262. The zero-order valence-electron chi connectivity index (χ0n) is 42.2. The average Bonchev–Trinajstić information content (AvgIpc) is 3.30. The number of unbranched alkanes of at least 4 members (excludes halogenated alkanes) is 20. The lowest BCUT2D eigenvalue weighted by atomic mass is 10.1. The summed E-state index contributed by atoms with van der Waals surface area (Å²) in [6.45, 7) is 6.43. The molecule has 0 fully saturated rings. The average molecular weight is 903 g/mol. The third kappa shape index (κ3) is 51.2. The van der Waals surface area contributed by atoms with E-state index in [0.717, 1.165) is 135 Å². The fourth-order valence-electron chi connectivity index (χ4n) is 7.05. The van der Waals surface area contributed by atoms with Gasteiger partial charge in [0.1, 0.15) is 13.2 Å². The minimum absolute atomic E-state index is 0.0864. The maximum atomic E-state index is 12.7. The molecule has 0 rings (SSSR count). The van der Waals surface area contributed by atoms with Crippen molar-refractivity contribution in [3.8, 4) is 0 Å². The highest BCUT2D eigenvalue weighted by molar-refractivity contribution is 5.71. The van der Waals surface area contributed by atoms with Gasteiger partial charge < -0.3 is 14.2 Å². The van der Waals surface area contributed by atoms with Crippen molar-refractivity contribution in [3.63, 3.8) is 0 Å². The van der Waals surface area contributed by atoms with E-state index in [0.29, 0.717) is 19.3 Å². The van der Waals surface area contributed by atoms with Crippen LogP contribution >= 0.6 is 0 Å². The highest BCUT2D eigenvalue weighted by atomic mass is 16.6. The third-order valence-electron chi connectivity index (χ3n) is 11.1. The monoisotopic (exact) mass is 903 g/mol. The first-order valence-corrected chi connectivity index (χ1v) is 26.7. The Bertz CT molecular complexity index is 1310. The Hall–Kier alpha value is -3.67. The number of ether oxygens (including phenoxy) is 3. The van der Waals surface area contributed by atoms with E-state index in [2.05, 4.69) is 118 Å². The van der Waals surface area contributed by atoms with E-state index < -0.39 is 6.10 Å². The van der Waals surface area contributed by atoms with Crippen LogP contribution in [0.4, 0.5) is 0 Å². The van der Waals surface area contributed by atoms with Gasteiger partial charge in [-0.3, -0.25) is 14.4 Å². The Morgan fingerprint density at radius 3 is 1.00 bits per heavy atom. The molecule has 65 heavy (non-hydrogen) atoms. The van der Waals surface area contributed by atoms with Crippen molar-refractivity contribution in [3.05, 3.63) is 97.2 Å². The Morgan fingerprint density at radius 2 is 0.615 bits per heavy atom. The van der Waals surface area contributed by atoms with Gasteiger partial charge >= 0.3 is 17.9 Å². The van der Waals surface area contributed by atoms with E-state index in [-0.39, 0.29) is 31.1 Å². The van der Waals surface area contributed by atoms with Crippen LogP contribution in [0.25, 0.3) is 0 Å². The first kappa shape index (κ1) is 61.3. The molecular formula is C59H98O6. The van der Waals surface area contributed by atoms with E-state index in [9.17, 15) is 14.4 Å². The summed E-state index contributed by atoms with van der Waals surface area (Å²) in [7, 11) is 0. The minimum atomic E-state index is -0.787. The van der Waals surface area contributed by atoms with Crippen molar-refractivity contribution in [2.24, 2.45) is 0 Å². The van der Waals surface area contributed by atoms with Gasteiger partial charge in [-0.2, -0.15) is 0 Å². The lowest BCUT2D eigenvalue weighted by molar-refractivity contribution is -0.167. The molecular weight excluding hydrogens is 805 g/mol. The molecule has 0 aromatic heterocycles. The van der Waals surface area contributed by atoms with Crippen molar-refractivity contribution >= 4 is 17.9 Å². The number of esters is 3. The van der Waals surface area contributed by atoms with E-state index in [1.165, 1.54) is 64.2 Å². The minimum Gasteiger partial charge on any atom is -0.462 e. The second kappa shape index (κ2) is 52.9. The highest BCUT2D eigenvalue weighted by Gasteiger charge is 2.19. The molecule has 0 aromatic carbocycles. The Kier molecular flexibility index (Phi) is 50.0. The third-order valence-corrected chi connectivity index (χ3v) is 11.1. The molecule has 370 valence electrons. The summed E-state index contributed by atoms with van der Waals surface area (Å²) < 4.78 is 16.7. The summed E-state index contributed by atoms with van der Waals surface area (Å²) in [5, 5.41) is 0. The SMILES string of the molecule is CC/C=C\C/C=C\C/C=C\C/C=C\C/C=C\C/C=C\C/C=C\CCCCCCCC(=O)OCC(COC(=O)CCCCCCCCCCC)OC(=O)CCCCCCC/C=C\CCCC.